The van der Waals surface area contributed by atoms with Gasteiger partial charge in [0.05, 0.1) is 0 Å². The van der Waals surface area contributed by atoms with Crippen LogP contribution in [0.4, 0.5) is 8.78 Å². The fraction of sp³-hybridized carbons (Fsp3) is 0.222. The van der Waals surface area contributed by atoms with Gasteiger partial charge in [-0.2, -0.15) is 0 Å². The largest absolute Gasteiger partial charge is 0.478 e. The van der Waals surface area contributed by atoms with Crippen molar-refractivity contribution in [1.29, 1.82) is 0 Å². The number of benzene rings is 2. The lowest BCUT2D eigenvalue weighted by atomic mass is 10.1. The van der Waals surface area contributed by atoms with Crippen molar-refractivity contribution in [2.45, 2.75) is 25.9 Å². The van der Waals surface area contributed by atoms with E-state index in [1.165, 1.54) is 31.2 Å². The standard InChI is InChI=1S/C18H18F2N2O3/c1-12(25-16-9-5-4-8-15(16)20)18(24)22-21-17(23)11-10-13-6-2-3-7-14(13)19/h2-9,12H,10-11H2,1H3,(H,21,23)(H,22,24). The Morgan fingerprint density at radius 3 is 2.32 bits per heavy atom. The average molecular weight is 348 g/mol. The summed E-state index contributed by atoms with van der Waals surface area (Å²) < 4.78 is 32.1. The zero-order valence-electron chi connectivity index (χ0n) is 13.6. The van der Waals surface area contributed by atoms with Gasteiger partial charge in [0.1, 0.15) is 5.82 Å². The van der Waals surface area contributed by atoms with E-state index in [0.717, 1.165) is 0 Å². The summed E-state index contributed by atoms with van der Waals surface area (Å²) in [5.74, 6) is -2.14. The molecule has 0 saturated carbocycles. The van der Waals surface area contributed by atoms with E-state index >= 15 is 0 Å². The lowest BCUT2D eigenvalue weighted by Crippen LogP contribution is -2.47. The van der Waals surface area contributed by atoms with Gasteiger partial charge < -0.3 is 4.74 Å². The van der Waals surface area contributed by atoms with Gasteiger partial charge in [0.2, 0.25) is 5.91 Å². The lowest BCUT2D eigenvalue weighted by Gasteiger charge is -2.15. The minimum Gasteiger partial charge on any atom is -0.478 e. The Hall–Kier alpha value is -2.96. The maximum Gasteiger partial charge on any atom is 0.279 e. The van der Waals surface area contributed by atoms with Crippen molar-refractivity contribution in [2.75, 3.05) is 0 Å². The van der Waals surface area contributed by atoms with Crippen molar-refractivity contribution < 1.29 is 23.1 Å². The SMILES string of the molecule is CC(Oc1ccccc1F)C(=O)NNC(=O)CCc1ccccc1F. The first-order chi connectivity index (χ1) is 12.0. The minimum absolute atomic E-state index is 0.00373. The fourth-order valence-electron chi connectivity index (χ4n) is 2.03. The van der Waals surface area contributed by atoms with Crippen molar-refractivity contribution in [2.24, 2.45) is 0 Å². The predicted octanol–water partition coefficient (Wildman–Crippen LogP) is 2.51. The second kappa shape index (κ2) is 8.77. The van der Waals surface area contributed by atoms with Gasteiger partial charge in [0, 0.05) is 6.42 Å². The first kappa shape index (κ1) is 18.4. The highest BCUT2D eigenvalue weighted by Gasteiger charge is 2.17. The molecular formula is C18H18F2N2O3. The Kier molecular flexibility index (Phi) is 6.45. The molecule has 2 rings (SSSR count). The van der Waals surface area contributed by atoms with Crippen LogP contribution >= 0.6 is 0 Å². The molecule has 2 aromatic rings. The van der Waals surface area contributed by atoms with Crippen LogP contribution in [0.3, 0.4) is 0 Å². The number of halogens is 2. The molecule has 1 unspecified atom stereocenters. The number of ether oxygens (including phenoxy) is 1. The average Bonchev–Trinajstić information content (AvgIpc) is 2.60. The molecule has 0 saturated heterocycles. The van der Waals surface area contributed by atoms with Crippen LogP contribution in [-0.2, 0) is 16.0 Å². The maximum atomic E-state index is 13.5. The van der Waals surface area contributed by atoms with Gasteiger partial charge in [-0.05, 0) is 37.1 Å². The number of para-hydroxylation sites is 1. The summed E-state index contributed by atoms with van der Waals surface area (Å²) in [5, 5.41) is 0. The Labute approximate surface area is 144 Å². The Bertz CT molecular complexity index is 753. The smallest absolute Gasteiger partial charge is 0.279 e. The molecule has 0 aliphatic rings. The lowest BCUT2D eigenvalue weighted by molar-refractivity contribution is -0.132. The summed E-state index contributed by atoms with van der Waals surface area (Å²) >= 11 is 0. The molecule has 7 heteroatoms. The molecule has 1 atom stereocenters. The topological polar surface area (TPSA) is 67.4 Å². The molecule has 2 N–H and O–H groups in total. The van der Waals surface area contributed by atoms with Crippen molar-refractivity contribution in [3.8, 4) is 5.75 Å². The van der Waals surface area contributed by atoms with Crippen molar-refractivity contribution in [3.63, 3.8) is 0 Å². The predicted molar refractivity (Wildman–Crippen MR) is 87.5 cm³/mol. The third-order valence-electron chi connectivity index (χ3n) is 3.41. The zero-order chi connectivity index (χ0) is 18.2. The van der Waals surface area contributed by atoms with E-state index in [1.54, 1.807) is 24.3 Å². The van der Waals surface area contributed by atoms with Gasteiger partial charge in [0.25, 0.3) is 5.91 Å². The number of rotatable bonds is 6. The summed E-state index contributed by atoms with van der Waals surface area (Å²) in [6.07, 6.45) is -0.803. The minimum atomic E-state index is -1.01. The second-order valence-corrected chi connectivity index (χ2v) is 5.32. The Morgan fingerprint density at radius 1 is 1.00 bits per heavy atom. The quantitative estimate of drug-likeness (QED) is 0.789. The number of carbonyl (C=O) groups excluding carboxylic acids is 2. The molecule has 0 heterocycles. The summed E-state index contributed by atoms with van der Waals surface area (Å²) in [4.78, 5) is 23.6. The van der Waals surface area contributed by atoms with Gasteiger partial charge >= 0.3 is 0 Å². The number of amides is 2. The van der Waals surface area contributed by atoms with Crippen LogP contribution in [0.5, 0.6) is 5.75 Å². The van der Waals surface area contributed by atoms with E-state index < -0.39 is 23.7 Å². The number of hydrogen-bond acceptors (Lipinski definition) is 3. The van der Waals surface area contributed by atoms with Crippen LogP contribution in [0.2, 0.25) is 0 Å². The van der Waals surface area contributed by atoms with Crippen LogP contribution in [0.25, 0.3) is 0 Å². The number of carbonyl (C=O) groups is 2. The summed E-state index contributed by atoms with van der Waals surface area (Å²) in [5.41, 5.74) is 4.83. The van der Waals surface area contributed by atoms with Crippen molar-refractivity contribution in [1.82, 2.24) is 10.9 Å². The first-order valence-electron chi connectivity index (χ1n) is 7.70. The van der Waals surface area contributed by atoms with Gasteiger partial charge in [-0.3, -0.25) is 20.4 Å². The normalized spacial score (nSPS) is 11.5. The highest BCUT2D eigenvalue weighted by atomic mass is 19.1. The fourth-order valence-corrected chi connectivity index (χ4v) is 2.03. The summed E-state index contributed by atoms with van der Waals surface area (Å²) in [6.45, 7) is 1.42. The molecule has 0 radical (unpaired) electrons. The van der Waals surface area contributed by atoms with Gasteiger partial charge in [0.15, 0.2) is 17.7 Å². The Balaban J connectivity index is 1.76. The van der Waals surface area contributed by atoms with E-state index in [2.05, 4.69) is 10.9 Å². The third kappa shape index (κ3) is 5.56. The highest BCUT2D eigenvalue weighted by molar-refractivity contribution is 5.84. The highest BCUT2D eigenvalue weighted by Crippen LogP contribution is 2.16. The molecule has 0 aromatic heterocycles. The number of aryl methyl sites for hydroxylation is 1. The molecule has 0 bridgehead atoms. The summed E-state index contributed by atoms with van der Waals surface area (Å²) in [6, 6.07) is 11.8. The van der Waals surface area contributed by atoms with Gasteiger partial charge in [-0.25, -0.2) is 8.78 Å². The molecule has 132 valence electrons. The monoisotopic (exact) mass is 348 g/mol. The van der Waals surface area contributed by atoms with Gasteiger partial charge in [-0.15, -0.1) is 0 Å². The molecule has 0 aliphatic heterocycles. The molecule has 0 fully saturated rings. The second-order valence-electron chi connectivity index (χ2n) is 5.32. The molecule has 5 nitrogen and oxygen atoms in total. The van der Waals surface area contributed by atoms with E-state index in [0.29, 0.717) is 5.56 Å². The van der Waals surface area contributed by atoms with E-state index in [9.17, 15) is 18.4 Å². The van der Waals surface area contributed by atoms with Crippen LogP contribution in [0.15, 0.2) is 48.5 Å². The molecule has 2 aromatic carbocycles. The van der Waals surface area contributed by atoms with E-state index in [4.69, 9.17) is 4.74 Å². The zero-order valence-corrected chi connectivity index (χ0v) is 13.6. The molecule has 2 amide bonds. The Morgan fingerprint density at radius 2 is 1.64 bits per heavy atom. The van der Waals surface area contributed by atoms with Crippen LogP contribution in [-0.4, -0.2) is 17.9 Å². The maximum absolute atomic E-state index is 13.5. The van der Waals surface area contributed by atoms with Crippen LogP contribution in [0, 0.1) is 11.6 Å². The summed E-state index contributed by atoms with van der Waals surface area (Å²) in [7, 11) is 0. The van der Waals surface area contributed by atoms with E-state index in [1.807, 2.05) is 0 Å². The molecule has 0 aliphatic carbocycles. The molecule has 0 spiro atoms. The number of nitrogens with one attached hydrogen (secondary N) is 2. The van der Waals surface area contributed by atoms with Crippen LogP contribution < -0.4 is 15.6 Å². The number of hydrazine groups is 1. The van der Waals surface area contributed by atoms with Crippen molar-refractivity contribution >= 4 is 11.8 Å². The van der Waals surface area contributed by atoms with Crippen molar-refractivity contribution in [3.05, 3.63) is 65.7 Å². The van der Waals surface area contributed by atoms with Gasteiger partial charge in [-0.1, -0.05) is 30.3 Å². The molecular weight excluding hydrogens is 330 g/mol. The third-order valence-corrected chi connectivity index (χ3v) is 3.41. The van der Waals surface area contributed by atoms with Crippen LogP contribution in [0.1, 0.15) is 18.9 Å². The number of hydrogen-bond donors (Lipinski definition) is 2. The first-order valence-corrected chi connectivity index (χ1v) is 7.70. The molecule has 25 heavy (non-hydrogen) atoms. The van der Waals surface area contributed by atoms with E-state index in [-0.39, 0.29) is 24.4 Å².